The van der Waals surface area contributed by atoms with Crippen LogP contribution in [0.4, 0.5) is 0 Å². The molecule has 0 spiro atoms. The van der Waals surface area contributed by atoms with E-state index in [1.807, 2.05) is 0 Å². The average molecular weight is 83.1 g/mol. The van der Waals surface area contributed by atoms with Gasteiger partial charge >= 0.3 is 0 Å². The molecule has 1 heteroatoms. The van der Waals surface area contributed by atoms with Gasteiger partial charge in [0.1, 0.15) is 0 Å². The maximum atomic E-state index is 3.49. The van der Waals surface area contributed by atoms with Gasteiger partial charge in [0, 0.05) is 6.54 Å². The van der Waals surface area contributed by atoms with E-state index in [-0.39, 0.29) is 0 Å². The van der Waals surface area contributed by atoms with E-state index < -0.39 is 0 Å². The van der Waals surface area contributed by atoms with Crippen LogP contribution < -0.4 is 5.32 Å². The summed E-state index contributed by atoms with van der Waals surface area (Å²) in [6.45, 7) is 7.74. The largest absolute Gasteiger partial charge is 0.388 e. The van der Waals surface area contributed by atoms with Gasteiger partial charge in [-0.1, -0.05) is 12.7 Å². The molecule has 6 heavy (non-hydrogen) atoms. The Bertz CT molecular complexity index is 39.9. The predicted octanol–water partition coefficient (Wildman–Crippen LogP) is 0.905. The van der Waals surface area contributed by atoms with E-state index in [9.17, 15) is 0 Å². The van der Waals surface area contributed by atoms with Crippen molar-refractivity contribution in [3.63, 3.8) is 0 Å². The Hall–Kier alpha value is -0.720. The molecule has 34 valence electrons. The standard InChI is InChI=1S/C5H9N/c1-3-5-6-4-2/h3-4,6H,1-2,5H2. The molecule has 0 aliphatic carbocycles. The Labute approximate surface area is 38.4 Å². The lowest BCUT2D eigenvalue weighted by Crippen LogP contribution is -2.01. The smallest absolute Gasteiger partial charge is 0.0322 e. The third-order valence-corrected chi connectivity index (χ3v) is 0.407. The summed E-state index contributed by atoms with van der Waals surface area (Å²) in [5.41, 5.74) is 0. The summed E-state index contributed by atoms with van der Waals surface area (Å²) in [4.78, 5) is 0. The fraction of sp³-hybridized carbons (Fsp3) is 0.200. The zero-order chi connectivity index (χ0) is 4.83. The van der Waals surface area contributed by atoms with Gasteiger partial charge in [0.15, 0.2) is 0 Å². The van der Waals surface area contributed by atoms with Crippen LogP contribution in [0.3, 0.4) is 0 Å². The molecule has 0 saturated carbocycles. The third kappa shape index (κ3) is 3.28. The van der Waals surface area contributed by atoms with Crippen molar-refractivity contribution in [3.05, 3.63) is 25.4 Å². The summed E-state index contributed by atoms with van der Waals surface area (Å²) in [6.07, 6.45) is 3.42. The fourth-order valence-electron chi connectivity index (χ4n) is 0.167. The van der Waals surface area contributed by atoms with Crippen molar-refractivity contribution in [2.24, 2.45) is 0 Å². The highest BCUT2D eigenvalue weighted by Crippen LogP contribution is 1.55. The molecule has 0 unspecified atom stereocenters. The number of rotatable bonds is 3. The number of nitrogens with one attached hydrogen (secondary N) is 1. The first kappa shape index (κ1) is 5.28. The van der Waals surface area contributed by atoms with Crippen LogP contribution in [0.1, 0.15) is 0 Å². The van der Waals surface area contributed by atoms with Crippen LogP contribution >= 0.6 is 0 Å². The molecule has 0 rings (SSSR count). The summed E-state index contributed by atoms with van der Waals surface area (Å²) >= 11 is 0. The van der Waals surface area contributed by atoms with Crippen LogP contribution in [-0.2, 0) is 0 Å². The minimum atomic E-state index is 0.809. The van der Waals surface area contributed by atoms with E-state index in [0.29, 0.717) is 0 Å². The third-order valence-electron chi connectivity index (χ3n) is 0.407. The fourth-order valence-corrected chi connectivity index (χ4v) is 0.167. The van der Waals surface area contributed by atoms with Gasteiger partial charge in [0.25, 0.3) is 0 Å². The first-order valence-electron chi connectivity index (χ1n) is 1.87. The molecular formula is C5H9N. The summed E-state index contributed by atoms with van der Waals surface area (Å²) in [6, 6.07) is 0. The molecule has 1 N–H and O–H groups in total. The Kier molecular flexibility index (Phi) is 3.77. The quantitative estimate of drug-likeness (QED) is 0.395. The number of hydrogen-bond donors (Lipinski definition) is 1. The lowest BCUT2D eigenvalue weighted by Gasteiger charge is -1.85. The molecule has 0 atom stereocenters. The van der Waals surface area contributed by atoms with Crippen LogP contribution in [0, 0.1) is 0 Å². The van der Waals surface area contributed by atoms with Crippen molar-refractivity contribution in [1.29, 1.82) is 0 Å². The second kappa shape index (κ2) is 4.28. The first-order valence-corrected chi connectivity index (χ1v) is 1.87. The summed E-state index contributed by atoms with van der Waals surface area (Å²) in [5, 5.41) is 2.84. The van der Waals surface area contributed by atoms with Gasteiger partial charge in [-0.15, -0.1) is 6.58 Å². The van der Waals surface area contributed by atoms with Crippen molar-refractivity contribution in [1.82, 2.24) is 5.32 Å². The summed E-state index contributed by atoms with van der Waals surface area (Å²) in [5.74, 6) is 0. The van der Waals surface area contributed by atoms with E-state index in [0.717, 1.165) is 6.54 Å². The molecule has 0 saturated heterocycles. The molecule has 0 aliphatic heterocycles. The van der Waals surface area contributed by atoms with Crippen LogP contribution in [0.2, 0.25) is 0 Å². The van der Waals surface area contributed by atoms with Crippen LogP contribution in [0.15, 0.2) is 25.4 Å². The highest BCUT2D eigenvalue weighted by Gasteiger charge is 1.59. The molecule has 0 radical (unpaired) electrons. The molecular weight excluding hydrogens is 74.1 g/mol. The van der Waals surface area contributed by atoms with Crippen LogP contribution in [0.5, 0.6) is 0 Å². The van der Waals surface area contributed by atoms with Crippen molar-refractivity contribution < 1.29 is 0 Å². The van der Waals surface area contributed by atoms with Gasteiger partial charge < -0.3 is 5.32 Å². The Morgan fingerprint density at radius 3 is 2.33 bits per heavy atom. The van der Waals surface area contributed by atoms with Crippen molar-refractivity contribution in [2.45, 2.75) is 0 Å². The molecule has 0 aromatic heterocycles. The number of hydrogen-bond acceptors (Lipinski definition) is 1. The SMILES string of the molecule is C=CCNC=C. The highest BCUT2D eigenvalue weighted by molar-refractivity contribution is 4.74. The summed E-state index contributed by atoms with van der Waals surface area (Å²) in [7, 11) is 0. The lowest BCUT2D eigenvalue weighted by atomic mass is 10.6. The molecule has 0 bridgehead atoms. The normalized spacial score (nSPS) is 6.67. The zero-order valence-corrected chi connectivity index (χ0v) is 3.78. The molecule has 0 aliphatic rings. The maximum Gasteiger partial charge on any atom is 0.0322 e. The van der Waals surface area contributed by atoms with Crippen LogP contribution in [-0.4, -0.2) is 6.54 Å². The first-order chi connectivity index (χ1) is 2.91. The zero-order valence-electron chi connectivity index (χ0n) is 3.78. The van der Waals surface area contributed by atoms with Crippen molar-refractivity contribution in [2.75, 3.05) is 6.54 Å². The van der Waals surface area contributed by atoms with Gasteiger partial charge in [0.2, 0.25) is 0 Å². The van der Waals surface area contributed by atoms with Gasteiger partial charge in [-0.05, 0) is 6.20 Å². The van der Waals surface area contributed by atoms with Gasteiger partial charge in [-0.2, -0.15) is 0 Å². The Morgan fingerprint density at radius 2 is 2.17 bits per heavy atom. The average Bonchev–Trinajstić information content (AvgIpc) is 1.61. The highest BCUT2D eigenvalue weighted by atomic mass is 14.8. The maximum absolute atomic E-state index is 3.49. The summed E-state index contributed by atoms with van der Waals surface area (Å²) < 4.78 is 0. The molecule has 0 fully saturated rings. The van der Waals surface area contributed by atoms with E-state index in [1.54, 1.807) is 12.3 Å². The second-order valence-corrected chi connectivity index (χ2v) is 0.901. The van der Waals surface area contributed by atoms with E-state index >= 15 is 0 Å². The van der Waals surface area contributed by atoms with Crippen LogP contribution in [0.25, 0.3) is 0 Å². The molecule has 0 aromatic rings. The topological polar surface area (TPSA) is 12.0 Å². The van der Waals surface area contributed by atoms with E-state index in [1.165, 1.54) is 0 Å². The van der Waals surface area contributed by atoms with Crippen molar-refractivity contribution >= 4 is 0 Å². The minimum absolute atomic E-state index is 0.809. The Morgan fingerprint density at radius 1 is 1.50 bits per heavy atom. The van der Waals surface area contributed by atoms with Gasteiger partial charge in [-0.3, -0.25) is 0 Å². The van der Waals surface area contributed by atoms with E-state index in [4.69, 9.17) is 0 Å². The second-order valence-electron chi connectivity index (χ2n) is 0.901. The van der Waals surface area contributed by atoms with Crippen molar-refractivity contribution in [3.8, 4) is 0 Å². The van der Waals surface area contributed by atoms with Gasteiger partial charge in [0.05, 0.1) is 0 Å². The van der Waals surface area contributed by atoms with Gasteiger partial charge in [-0.25, -0.2) is 0 Å². The lowest BCUT2D eigenvalue weighted by molar-refractivity contribution is 0.992. The molecule has 0 aromatic carbocycles. The monoisotopic (exact) mass is 83.1 g/mol. The Balaban J connectivity index is 2.66. The molecule has 0 heterocycles. The molecule has 0 amide bonds. The minimum Gasteiger partial charge on any atom is -0.388 e. The predicted molar refractivity (Wildman–Crippen MR) is 28.4 cm³/mol. The van der Waals surface area contributed by atoms with E-state index in [2.05, 4.69) is 18.5 Å². The molecule has 1 nitrogen and oxygen atoms in total.